The SMILES string of the molecule is CSCC[C@H](NC(=O)OC(C)(C)C)C(=O)NC1CC(C)CCC1C(C)C. The fourth-order valence-electron chi connectivity index (χ4n) is 3.61. The third-order valence-corrected chi connectivity index (χ3v) is 5.61. The molecule has 0 radical (unpaired) electrons. The molecule has 1 rings (SSSR count). The molecule has 0 bridgehead atoms. The van der Waals surface area contributed by atoms with Crippen molar-refractivity contribution in [3.8, 4) is 0 Å². The lowest BCUT2D eigenvalue weighted by molar-refractivity contribution is -0.124. The normalized spacial score (nSPS) is 24.8. The van der Waals surface area contributed by atoms with Gasteiger partial charge in [-0.05, 0) is 69.8 Å². The minimum Gasteiger partial charge on any atom is -0.444 e. The van der Waals surface area contributed by atoms with Crippen molar-refractivity contribution in [2.24, 2.45) is 17.8 Å². The fourth-order valence-corrected chi connectivity index (χ4v) is 4.08. The Hall–Kier alpha value is -0.910. The van der Waals surface area contributed by atoms with Gasteiger partial charge in [0.25, 0.3) is 0 Å². The van der Waals surface area contributed by atoms with Gasteiger partial charge in [-0.2, -0.15) is 11.8 Å². The summed E-state index contributed by atoms with van der Waals surface area (Å²) in [4.78, 5) is 25.0. The topological polar surface area (TPSA) is 67.4 Å². The zero-order valence-electron chi connectivity index (χ0n) is 17.6. The van der Waals surface area contributed by atoms with E-state index >= 15 is 0 Å². The molecule has 0 saturated heterocycles. The second-order valence-electron chi connectivity index (χ2n) is 8.92. The molecule has 1 fully saturated rings. The van der Waals surface area contributed by atoms with E-state index in [1.54, 1.807) is 11.8 Å². The number of hydrogen-bond acceptors (Lipinski definition) is 4. The van der Waals surface area contributed by atoms with Gasteiger partial charge in [-0.25, -0.2) is 4.79 Å². The molecular formula is C20H38N2O3S. The Labute approximate surface area is 163 Å². The van der Waals surface area contributed by atoms with Crippen molar-refractivity contribution >= 4 is 23.8 Å². The second-order valence-corrected chi connectivity index (χ2v) is 9.91. The number of rotatable bonds is 7. The minimum atomic E-state index is -0.577. The molecule has 0 aromatic rings. The lowest BCUT2D eigenvalue weighted by atomic mass is 9.74. The van der Waals surface area contributed by atoms with Crippen molar-refractivity contribution in [1.29, 1.82) is 0 Å². The van der Waals surface area contributed by atoms with E-state index in [9.17, 15) is 9.59 Å². The van der Waals surface area contributed by atoms with Crippen molar-refractivity contribution in [3.63, 3.8) is 0 Å². The van der Waals surface area contributed by atoms with Crippen LogP contribution in [-0.2, 0) is 9.53 Å². The minimum absolute atomic E-state index is 0.0883. The molecule has 4 atom stereocenters. The van der Waals surface area contributed by atoms with Crippen molar-refractivity contribution in [3.05, 3.63) is 0 Å². The van der Waals surface area contributed by atoms with Crippen LogP contribution in [0.4, 0.5) is 4.79 Å². The number of carbonyl (C=O) groups excluding carboxylic acids is 2. The standard InChI is InChI=1S/C20H38N2O3S/c1-13(2)15-9-8-14(3)12-17(15)21-18(23)16(10-11-26-7)22-19(24)25-20(4,5)6/h13-17H,8-12H2,1-7H3,(H,21,23)(H,22,24)/t14?,15?,16-,17?/m0/s1. The number of alkyl carbamates (subject to hydrolysis) is 1. The predicted molar refractivity (Wildman–Crippen MR) is 109 cm³/mol. The first kappa shape index (κ1) is 23.1. The van der Waals surface area contributed by atoms with Gasteiger partial charge in [0.15, 0.2) is 0 Å². The number of ether oxygens (including phenoxy) is 1. The van der Waals surface area contributed by atoms with Gasteiger partial charge in [0.2, 0.25) is 5.91 Å². The molecule has 1 saturated carbocycles. The van der Waals surface area contributed by atoms with Crippen LogP contribution in [0.3, 0.4) is 0 Å². The molecule has 152 valence electrons. The van der Waals surface area contributed by atoms with E-state index in [1.165, 1.54) is 6.42 Å². The van der Waals surface area contributed by atoms with Crippen LogP contribution in [0.15, 0.2) is 0 Å². The molecular weight excluding hydrogens is 348 g/mol. The molecule has 0 aromatic heterocycles. The lowest BCUT2D eigenvalue weighted by Crippen LogP contribution is -2.54. The zero-order valence-corrected chi connectivity index (χ0v) is 18.4. The van der Waals surface area contributed by atoms with Gasteiger partial charge in [-0.15, -0.1) is 0 Å². The number of hydrogen-bond donors (Lipinski definition) is 2. The summed E-state index contributed by atoms with van der Waals surface area (Å²) in [5, 5.41) is 6.01. The summed E-state index contributed by atoms with van der Waals surface area (Å²) in [5.74, 6) is 2.38. The molecule has 0 heterocycles. The van der Waals surface area contributed by atoms with Gasteiger partial charge in [0.05, 0.1) is 0 Å². The average Bonchev–Trinajstić information content (AvgIpc) is 2.49. The van der Waals surface area contributed by atoms with E-state index in [4.69, 9.17) is 4.74 Å². The van der Waals surface area contributed by atoms with Gasteiger partial charge < -0.3 is 15.4 Å². The molecule has 2 N–H and O–H groups in total. The highest BCUT2D eigenvalue weighted by Gasteiger charge is 2.33. The Morgan fingerprint density at radius 1 is 1.23 bits per heavy atom. The van der Waals surface area contributed by atoms with Crippen LogP contribution in [0.5, 0.6) is 0 Å². The summed E-state index contributed by atoms with van der Waals surface area (Å²) in [7, 11) is 0. The second kappa shape index (κ2) is 10.4. The van der Waals surface area contributed by atoms with Crippen LogP contribution in [0.25, 0.3) is 0 Å². The Bertz CT molecular complexity index is 462. The summed E-state index contributed by atoms with van der Waals surface area (Å²) in [6, 6.07) is -0.370. The van der Waals surface area contributed by atoms with Crippen LogP contribution in [0.1, 0.15) is 67.2 Å². The van der Waals surface area contributed by atoms with Gasteiger partial charge in [-0.1, -0.05) is 27.2 Å². The van der Waals surface area contributed by atoms with Crippen LogP contribution in [0.2, 0.25) is 0 Å². The molecule has 1 aliphatic carbocycles. The van der Waals surface area contributed by atoms with Crippen molar-refractivity contribution < 1.29 is 14.3 Å². The maximum Gasteiger partial charge on any atom is 0.408 e. The largest absolute Gasteiger partial charge is 0.444 e. The summed E-state index contributed by atoms with van der Waals surface area (Å²) in [6.07, 6.45) is 5.45. The number of thioether (sulfide) groups is 1. The molecule has 6 heteroatoms. The average molecular weight is 387 g/mol. The van der Waals surface area contributed by atoms with E-state index in [0.717, 1.165) is 18.6 Å². The molecule has 5 nitrogen and oxygen atoms in total. The van der Waals surface area contributed by atoms with E-state index in [2.05, 4.69) is 31.4 Å². The van der Waals surface area contributed by atoms with Crippen molar-refractivity contribution in [2.45, 2.75) is 84.9 Å². The monoisotopic (exact) mass is 386 g/mol. The molecule has 0 aliphatic heterocycles. The van der Waals surface area contributed by atoms with E-state index in [1.807, 2.05) is 27.0 Å². The van der Waals surface area contributed by atoms with Crippen LogP contribution in [0, 0.1) is 17.8 Å². The highest BCUT2D eigenvalue weighted by atomic mass is 32.2. The Morgan fingerprint density at radius 3 is 2.42 bits per heavy atom. The number of nitrogens with one attached hydrogen (secondary N) is 2. The van der Waals surface area contributed by atoms with E-state index < -0.39 is 17.7 Å². The quantitative estimate of drug-likeness (QED) is 0.688. The van der Waals surface area contributed by atoms with E-state index in [-0.39, 0.29) is 11.9 Å². The summed E-state index contributed by atoms with van der Waals surface area (Å²) in [6.45, 7) is 12.2. The molecule has 26 heavy (non-hydrogen) atoms. The predicted octanol–water partition coefficient (Wildman–Crippen LogP) is 4.21. The van der Waals surface area contributed by atoms with Crippen LogP contribution >= 0.6 is 11.8 Å². The maximum atomic E-state index is 12.9. The first-order valence-electron chi connectivity index (χ1n) is 9.82. The summed E-state index contributed by atoms with van der Waals surface area (Å²) in [5.41, 5.74) is -0.577. The van der Waals surface area contributed by atoms with Gasteiger partial charge in [-0.3, -0.25) is 4.79 Å². The van der Waals surface area contributed by atoms with Crippen molar-refractivity contribution in [2.75, 3.05) is 12.0 Å². The van der Waals surface area contributed by atoms with Crippen molar-refractivity contribution in [1.82, 2.24) is 10.6 Å². The molecule has 1 aliphatic rings. The molecule has 2 amide bonds. The van der Waals surface area contributed by atoms with Crippen LogP contribution in [-0.4, -0.2) is 41.7 Å². The Kier molecular flexibility index (Phi) is 9.28. The third-order valence-electron chi connectivity index (χ3n) is 4.97. The maximum absolute atomic E-state index is 12.9. The van der Waals surface area contributed by atoms with Crippen LogP contribution < -0.4 is 10.6 Å². The molecule has 3 unspecified atom stereocenters. The smallest absolute Gasteiger partial charge is 0.408 e. The number of carbonyl (C=O) groups is 2. The molecule has 0 spiro atoms. The fraction of sp³-hybridized carbons (Fsp3) is 0.900. The Balaban J connectivity index is 2.75. The highest BCUT2D eigenvalue weighted by molar-refractivity contribution is 7.98. The van der Waals surface area contributed by atoms with E-state index in [0.29, 0.717) is 24.2 Å². The first-order chi connectivity index (χ1) is 12.0. The number of amides is 2. The highest BCUT2D eigenvalue weighted by Crippen LogP contribution is 2.33. The van der Waals surface area contributed by atoms with Gasteiger partial charge in [0.1, 0.15) is 11.6 Å². The summed E-state index contributed by atoms with van der Waals surface area (Å²) < 4.78 is 5.33. The lowest BCUT2D eigenvalue weighted by Gasteiger charge is -2.38. The van der Waals surface area contributed by atoms with Gasteiger partial charge >= 0.3 is 6.09 Å². The zero-order chi connectivity index (χ0) is 19.9. The summed E-state index contributed by atoms with van der Waals surface area (Å²) >= 11 is 1.67. The van der Waals surface area contributed by atoms with Gasteiger partial charge in [0, 0.05) is 6.04 Å². The first-order valence-corrected chi connectivity index (χ1v) is 11.2. The third kappa shape index (κ3) is 8.19. The Morgan fingerprint density at radius 2 is 1.88 bits per heavy atom. The molecule has 0 aromatic carbocycles.